The van der Waals surface area contributed by atoms with Gasteiger partial charge in [0.15, 0.2) is 0 Å². The minimum absolute atomic E-state index is 0.00828. The molecular formula is C13H19N3O2S. The molecule has 5 nitrogen and oxygen atoms in total. The zero-order chi connectivity index (χ0) is 14.5. The van der Waals surface area contributed by atoms with Crippen LogP contribution in [0.5, 0.6) is 0 Å². The second-order valence-electron chi connectivity index (χ2n) is 5.25. The molecule has 6 heteroatoms. The number of sulfonamides is 1. The predicted molar refractivity (Wildman–Crippen MR) is 74.9 cm³/mol. The van der Waals surface area contributed by atoms with E-state index in [4.69, 9.17) is 10.4 Å². The fourth-order valence-electron chi connectivity index (χ4n) is 1.59. The Bertz CT molecular complexity index is 557. The van der Waals surface area contributed by atoms with Gasteiger partial charge in [-0.3, -0.25) is 0 Å². The summed E-state index contributed by atoms with van der Waals surface area (Å²) in [6.45, 7) is 4.87. The number of nitrogens with zero attached hydrogens (tertiary/aromatic N) is 1. The number of primary sulfonamides is 1. The highest BCUT2D eigenvalue weighted by Crippen LogP contribution is 2.23. The van der Waals surface area contributed by atoms with Crippen LogP contribution in [0, 0.1) is 16.7 Å². The molecule has 0 atom stereocenters. The van der Waals surface area contributed by atoms with E-state index in [1.165, 1.54) is 12.1 Å². The van der Waals surface area contributed by atoms with Crippen molar-refractivity contribution in [2.45, 2.75) is 31.6 Å². The number of rotatable bonds is 6. The molecule has 0 aliphatic carbocycles. The number of nitriles is 1. The van der Waals surface area contributed by atoms with Crippen LogP contribution in [0.2, 0.25) is 0 Å². The first-order valence-electron chi connectivity index (χ1n) is 5.98. The normalized spacial score (nSPS) is 11.9. The summed E-state index contributed by atoms with van der Waals surface area (Å²) in [6, 6.07) is 8.44. The Kier molecular flexibility index (Phi) is 4.92. The molecule has 0 bridgehead atoms. The molecule has 0 aliphatic heterocycles. The summed E-state index contributed by atoms with van der Waals surface area (Å²) in [6.07, 6.45) is 1.34. The maximum absolute atomic E-state index is 11.1. The molecule has 1 rings (SSSR count). The molecule has 0 unspecified atom stereocenters. The third-order valence-electron chi connectivity index (χ3n) is 2.87. The molecule has 0 radical (unpaired) electrons. The van der Waals surface area contributed by atoms with E-state index < -0.39 is 10.0 Å². The van der Waals surface area contributed by atoms with Gasteiger partial charge in [-0.15, -0.1) is 0 Å². The lowest BCUT2D eigenvalue weighted by Gasteiger charge is -2.24. The zero-order valence-corrected chi connectivity index (χ0v) is 12.0. The second-order valence-corrected chi connectivity index (χ2v) is 6.81. The van der Waals surface area contributed by atoms with Crippen molar-refractivity contribution in [3.8, 4) is 6.07 Å². The van der Waals surface area contributed by atoms with E-state index in [0.717, 1.165) is 12.1 Å². The first-order valence-corrected chi connectivity index (χ1v) is 7.53. The average Bonchev–Trinajstić information content (AvgIpc) is 2.34. The van der Waals surface area contributed by atoms with E-state index in [1.807, 2.05) is 0 Å². The molecule has 0 saturated heterocycles. The zero-order valence-electron chi connectivity index (χ0n) is 11.2. The van der Waals surface area contributed by atoms with E-state index in [9.17, 15) is 8.42 Å². The smallest absolute Gasteiger partial charge is 0.238 e. The molecule has 0 aliphatic rings. The summed E-state index contributed by atoms with van der Waals surface area (Å²) < 4.78 is 22.2. The van der Waals surface area contributed by atoms with Crippen LogP contribution >= 0.6 is 0 Å². The summed E-state index contributed by atoms with van der Waals surface area (Å²) in [7, 11) is -3.64. The maximum atomic E-state index is 11.1. The molecule has 0 saturated carbocycles. The van der Waals surface area contributed by atoms with Gasteiger partial charge in [-0.25, -0.2) is 13.6 Å². The van der Waals surface area contributed by atoms with Crippen LogP contribution < -0.4 is 10.5 Å². The number of hydrogen-bond acceptors (Lipinski definition) is 4. The van der Waals surface area contributed by atoms with Crippen LogP contribution in [0.25, 0.3) is 0 Å². The molecule has 1 aromatic carbocycles. The third-order valence-corrected chi connectivity index (χ3v) is 3.80. The highest BCUT2D eigenvalue weighted by Gasteiger charge is 2.17. The van der Waals surface area contributed by atoms with E-state index in [1.54, 1.807) is 12.1 Å². The molecule has 0 amide bonds. The van der Waals surface area contributed by atoms with Gasteiger partial charge in [0.25, 0.3) is 0 Å². The Morgan fingerprint density at radius 1 is 1.32 bits per heavy atom. The minimum Gasteiger partial charge on any atom is -0.385 e. The van der Waals surface area contributed by atoms with Crippen molar-refractivity contribution in [2.24, 2.45) is 10.6 Å². The summed E-state index contributed by atoms with van der Waals surface area (Å²) in [5, 5.41) is 16.8. The standard InChI is InChI=1S/C13H19N3O2S/c1-13(2,8-3-9-14)10-16-11-4-6-12(7-5-11)19(15,17)18/h4-7,16H,3,8,10H2,1-2H3,(H2,15,17,18). The Labute approximate surface area is 114 Å². The summed E-state index contributed by atoms with van der Waals surface area (Å²) >= 11 is 0. The van der Waals surface area contributed by atoms with Crippen LogP contribution in [0.3, 0.4) is 0 Å². The highest BCUT2D eigenvalue weighted by molar-refractivity contribution is 7.89. The second kappa shape index (κ2) is 6.04. The van der Waals surface area contributed by atoms with Crippen molar-refractivity contribution in [1.82, 2.24) is 0 Å². The van der Waals surface area contributed by atoms with Crippen LogP contribution in [0.15, 0.2) is 29.2 Å². The van der Waals surface area contributed by atoms with Gasteiger partial charge in [-0.05, 0) is 36.1 Å². The van der Waals surface area contributed by atoms with Gasteiger partial charge in [-0.1, -0.05) is 13.8 Å². The molecule has 0 heterocycles. The van der Waals surface area contributed by atoms with Gasteiger partial charge in [0.05, 0.1) is 11.0 Å². The predicted octanol–water partition coefficient (Wildman–Crippen LogP) is 2.08. The number of anilines is 1. The molecule has 3 N–H and O–H groups in total. The van der Waals surface area contributed by atoms with Crippen molar-refractivity contribution in [3.05, 3.63) is 24.3 Å². The SMILES string of the molecule is CC(C)(CCC#N)CNc1ccc(S(N)(=O)=O)cc1. The lowest BCUT2D eigenvalue weighted by molar-refractivity contribution is 0.364. The van der Waals surface area contributed by atoms with E-state index in [0.29, 0.717) is 13.0 Å². The van der Waals surface area contributed by atoms with Gasteiger partial charge in [-0.2, -0.15) is 5.26 Å². The van der Waals surface area contributed by atoms with Crippen molar-refractivity contribution in [1.29, 1.82) is 5.26 Å². The number of nitrogens with one attached hydrogen (secondary N) is 1. The van der Waals surface area contributed by atoms with E-state index >= 15 is 0 Å². The number of nitrogens with two attached hydrogens (primary N) is 1. The molecule has 0 aromatic heterocycles. The van der Waals surface area contributed by atoms with E-state index in [-0.39, 0.29) is 10.3 Å². The minimum atomic E-state index is -3.64. The van der Waals surface area contributed by atoms with Crippen molar-refractivity contribution in [2.75, 3.05) is 11.9 Å². The van der Waals surface area contributed by atoms with Crippen LogP contribution in [-0.4, -0.2) is 15.0 Å². The molecule has 0 fully saturated rings. The lowest BCUT2D eigenvalue weighted by atomic mass is 9.88. The first kappa shape index (κ1) is 15.5. The van der Waals surface area contributed by atoms with Gasteiger partial charge in [0, 0.05) is 18.7 Å². The van der Waals surface area contributed by atoms with Gasteiger partial charge >= 0.3 is 0 Å². The number of benzene rings is 1. The molecule has 19 heavy (non-hydrogen) atoms. The largest absolute Gasteiger partial charge is 0.385 e. The highest BCUT2D eigenvalue weighted by atomic mass is 32.2. The number of hydrogen-bond donors (Lipinski definition) is 2. The Balaban J connectivity index is 2.62. The maximum Gasteiger partial charge on any atom is 0.238 e. The van der Waals surface area contributed by atoms with Crippen molar-refractivity contribution in [3.63, 3.8) is 0 Å². The quantitative estimate of drug-likeness (QED) is 0.834. The molecular weight excluding hydrogens is 262 g/mol. The monoisotopic (exact) mass is 281 g/mol. The Morgan fingerprint density at radius 3 is 2.37 bits per heavy atom. The molecule has 104 valence electrons. The topological polar surface area (TPSA) is 96.0 Å². The van der Waals surface area contributed by atoms with Gasteiger partial charge in [0.1, 0.15) is 0 Å². The van der Waals surface area contributed by atoms with Gasteiger partial charge in [0.2, 0.25) is 10.0 Å². The van der Waals surface area contributed by atoms with E-state index in [2.05, 4.69) is 25.2 Å². The summed E-state index contributed by atoms with van der Waals surface area (Å²) in [5.74, 6) is 0. The summed E-state index contributed by atoms with van der Waals surface area (Å²) in [5.41, 5.74) is 0.839. The fraction of sp³-hybridized carbons (Fsp3) is 0.462. The average molecular weight is 281 g/mol. The van der Waals surface area contributed by atoms with Crippen molar-refractivity contribution >= 4 is 15.7 Å². The lowest BCUT2D eigenvalue weighted by Crippen LogP contribution is -2.23. The van der Waals surface area contributed by atoms with Crippen molar-refractivity contribution < 1.29 is 8.42 Å². The molecule has 1 aromatic rings. The van der Waals surface area contributed by atoms with Crippen LogP contribution in [0.4, 0.5) is 5.69 Å². The van der Waals surface area contributed by atoms with Gasteiger partial charge < -0.3 is 5.32 Å². The Morgan fingerprint density at radius 2 is 1.89 bits per heavy atom. The Hall–Kier alpha value is -1.58. The molecule has 0 spiro atoms. The first-order chi connectivity index (χ1) is 8.74. The van der Waals surface area contributed by atoms with Crippen LogP contribution in [0.1, 0.15) is 26.7 Å². The van der Waals surface area contributed by atoms with Crippen LogP contribution in [-0.2, 0) is 10.0 Å². The fourth-order valence-corrected chi connectivity index (χ4v) is 2.10. The summed E-state index contributed by atoms with van der Waals surface area (Å²) in [4.78, 5) is 0.0989. The third kappa shape index (κ3) is 5.28.